The van der Waals surface area contributed by atoms with Crippen LogP contribution in [0.1, 0.15) is 43.2 Å². The monoisotopic (exact) mass is 1030 g/mol. The standard InChI is InChI=1S/C60H45N4O.Pt/c1-2-13-45(14-3-1)62-38-63(57-23-9-8-22-56(57)62)46-15-10-16-47(36-46)65-48-25-27-53-52-18-6-7-21-55(52)64(58(53)37-48)59-35-42(28-29-61-59)60(43-31-39-30-40(33-43)34-44(60)32-39)54-20-11-19-50-49-17-5-4-12-41(49)24-26-51(50)54;/h1-29,35,38-40,43-44H,30-34H2;/q-3;. The molecule has 0 amide bonds. The van der Waals surface area contributed by atoms with Crippen LogP contribution in [0.4, 0.5) is 22.7 Å². The summed E-state index contributed by atoms with van der Waals surface area (Å²) in [5.74, 6) is 4.99. The molecule has 4 bridgehead atoms. The molecule has 1 aliphatic heterocycles. The Hall–Kier alpha value is -6.68. The molecule has 10 aromatic rings. The van der Waals surface area contributed by atoms with Crippen molar-refractivity contribution in [3.8, 4) is 17.3 Å². The second-order valence-electron chi connectivity index (χ2n) is 18.9. The molecule has 15 rings (SSSR count). The largest absolute Gasteiger partial charge is 0.509 e. The van der Waals surface area contributed by atoms with Crippen LogP contribution in [-0.4, -0.2) is 9.55 Å². The molecule has 2 aromatic heterocycles. The minimum Gasteiger partial charge on any atom is -0.509 e. The third-order valence-corrected chi connectivity index (χ3v) is 15.6. The van der Waals surface area contributed by atoms with Crippen LogP contribution in [0, 0.1) is 42.5 Å². The molecule has 0 N–H and O–H groups in total. The van der Waals surface area contributed by atoms with Gasteiger partial charge >= 0.3 is 0 Å². The first-order chi connectivity index (χ1) is 32.2. The molecule has 0 radical (unpaired) electrons. The van der Waals surface area contributed by atoms with E-state index in [1.165, 1.54) is 70.2 Å². The van der Waals surface area contributed by atoms with Gasteiger partial charge < -0.3 is 19.1 Å². The first-order valence-corrected chi connectivity index (χ1v) is 23.3. The van der Waals surface area contributed by atoms with Gasteiger partial charge in [-0.3, -0.25) is 0 Å². The predicted molar refractivity (Wildman–Crippen MR) is 264 cm³/mol. The van der Waals surface area contributed by atoms with Gasteiger partial charge in [0.05, 0.1) is 0 Å². The number of hydrogen-bond donors (Lipinski definition) is 0. The van der Waals surface area contributed by atoms with Gasteiger partial charge in [-0.15, -0.1) is 48.1 Å². The zero-order chi connectivity index (χ0) is 42.6. The van der Waals surface area contributed by atoms with Crippen molar-refractivity contribution in [3.05, 3.63) is 212 Å². The molecule has 5 nitrogen and oxygen atoms in total. The van der Waals surface area contributed by atoms with E-state index in [1.54, 1.807) is 0 Å². The first-order valence-electron chi connectivity index (χ1n) is 23.3. The van der Waals surface area contributed by atoms with E-state index in [-0.39, 0.29) is 26.5 Å². The summed E-state index contributed by atoms with van der Waals surface area (Å²) in [6, 6.07) is 70.8. The van der Waals surface area contributed by atoms with E-state index < -0.39 is 0 Å². The summed E-state index contributed by atoms with van der Waals surface area (Å²) in [4.78, 5) is 9.61. The van der Waals surface area contributed by atoms with Crippen molar-refractivity contribution in [1.82, 2.24) is 9.55 Å². The number of pyridine rings is 1. The van der Waals surface area contributed by atoms with E-state index in [9.17, 15) is 0 Å². The number of nitrogens with zero attached hydrogens (tertiary/aromatic N) is 4. The van der Waals surface area contributed by atoms with Crippen LogP contribution in [0.5, 0.6) is 11.5 Å². The van der Waals surface area contributed by atoms with Gasteiger partial charge in [0, 0.05) is 66.8 Å². The van der Waals surface area contributed by atoms with Crippen molar-refractivity contribution < 1.29 is 25.8 Å². The van der Waals surface area contributed by atoms with E-state index in [1.807, 2.05) is 24.3 Å². The molecular formula is C60H45N4OPt-3. The number of hydrogen-bond acceptors (Lipinski definition) is 4. The Kier molecular flexibility index (Phi) is 9.29. The minimum atomic E-state index is -0.115. The Balaban J connectivity index is 0.00000435. The third-order valence-electron chi connectivity index (χ3n) is 15.6. The van der Waals surface area contributed by atoms with Crippen LogP contribution in [0.3, 0.4) is 0 Å². The SMILES string of the molecule is [Pt].[c-]1c(Oc2[c-]c3c(cc2)c2ccccc2n3-c2cc(C3(c4cccc5c4ccc4ccccc45)C4CC5CC(C4)CC3C5)ccn2)cccc1N1[CH-]N(c2ccccc2)c2ccccc21. The molecule has 4 saturated carbocycles. The minimum absolute atomic E-state index is 0. The average Bonchev–Trinajstić information content (AvgIpc) is 3.90. The molecule has 0 atom stereocenters. The number of anilines is 4. The van der Waals surface area contributed by atoms with Gasteiger partial charge in [-0.05, 0) is 136 Å². The van der Waals surface area contributed by atoms with Crippen molar-refractivity contribution in [2.75, 3.05) is 9.80 Å². The van der Waals surface area contributed by atoms with Gasteiger partial charge in [-0.2, -0.15) is 12.1 Å². The maximum atomic E-state index is 6.70. The first kappa shape index (κ1) is 39.7. The van der Waals surface area contributed by atoms with Crippen molar-refractivity contribution in [1.29, 1.82) is 0 Å². The van der Waals surface area contributed by atoms with E-state index in [4.69, 9.17) is 9.72 Å². The number of fused-ring (bicyclic) bond motifs is 7. The van der Waals surface area contributed by atoms with E-state index in [0.717, 1.165) is 56.8 Å². The van der Waals surface area contributed by atoms with Crippen LogP contribution >= 0.6 is 0 Å². The Labute approximate surface area is 399 Å². The van der Waals surface area contributed by atoms with E-state index in [0.29, 0.717) is 23.3 Å². The second kappa shape index (κ2) is 15.5. The number of para-hydroxylation sites is 4. The number of rotatable bonds is 7. The van der Waals surface area contributed by atoms with Crippen LogP contribution in [0.2, 0.25) is 0 Å². The Morgan fingerprint density at radius 1 is 0.545 bits per heavy atom. The van der Waals surface area contributed by atoms with Gasteiger partial charge in [0.25, 0.3) is 0 Å². The molecule has 6 heteroatoms. The van der Waals surface area contributed by atoms with Crippen LogP contribution in [0.15, 0.2) is 182 Å². The number of benzene rings is 8. The summed E-state index contributed by atoms with van der Waals surface area (Å²) in [6.45, 7) is 2.13. The fourth-order valence-corrected chi connectivity index (χ4v) is 13.2. The van der Waals surface area contributed by atoms with Gasteiger partial charge in [-0.1, -0.05) is 109 Å². The van der Waals surface area contributed by atoms with Crippen molar-refractivity contribution in [2.24, 2.45) is 23.7 Å². The van der Waals surface area contributed by atoms with Crippen LogP contribution < -0.4 is 14.5 Å². The van der Waals surface area contributed by atoms with Gasteiger partial charge in [0.2, 0.25) is 0 Å². The van der Waals surface area contributed by atoms with Crippen molar-refractivity contribution in [2.45, 2.75) is 37.5 Å². The molecule has 8 aromatic carbocycles. The molecule has 0 unspecified atom stereocenters. The smallest absolute Gasteiger partial charge is 0.135 e. The Morgan fingerprint density at radius 3 is 2.06 bits per heavy atom. The van der Waals surface area contributed by atoms with Gasteiger partial charge in [0.15, 0.2) is 0 Å². The summed E-state index contributed by atoms with van der Waals surface area (Å²) in [5.41, 5.74) is 9.02. The fraction of sp³-hybridized carbons (Fsp3) is 0.167. The maximum absolute atomic E-state index is 6.70. The molecule has 0 saturated heterocycles. The van der Waals surface area contributed by atoms with Gasteiger partial charge in [-0.25, -0.2) is 4.98 Å². The number of ether oxygens (including phenoxy) is 1. The molecule has 4 aliphatic carbocycles. The molecule has 5 aliphatic rings. The van der Waals surface area contributed by atoms with Gasteiger partial charge in [0.1, 0.15) is 5.82 Å². The normalized spacial score (nSPS) is 21.8. The van der Waals surface area contributed by atoms with Crippen molar-refractivity contribution in [3.63, 3.8) is 0 Å². The second-order valence-corrected chi connectivity index (χ2v) is 18.9. The topological polar surface area (TPSA) is 33.5 Å². The van der Waals surface area contributed by atoms with Crippen LogP contribution in [-0.2, 0) is 26.5 Å². The molecule has 4 fully saturated rings. The quantitative estimate of drug-likeness (QED) is 0.118. The molecule has 3 heterocycles. The predicted octanol–water partition coefficient (Wildman–Crippen LogP) is 15.0. The summed E-state index contributed by atoms with van der Waals surface area (Å²) < 4.78 is 9.02. The third kappa shape index (κ3) is 5.98. The summed E-state index contributed by atoms with van der Waals surface area (Å²) >= 11 is 0. The molecule has 66 heavy (non-hydrogen) atoms. The fourth-order valence-electron chi connectivity index (χ4n) is 13.2. The maximum Gasteiger partial charge on any atom is 0.135 e. The zero-order valence-corrected chi connectivity index (χ0v) is 38.5. The summed E-state index contributed by atoms with van der Waals surface area (Å²) in [7, 11) is 0. The number of aromatic nitrogens is 2. The molecular weight excluding hydrogens is 988 g/mol. The van der Waals surface area contributed by atoms with E-state index in [2.05, 4.69) is 191 Å². The zero-order valence-electron chi connectivity index (χ0n) is 36.3. The average molecular weight is 1030 g/mol. The Bertz CT molecular complexity index is 3480. The van der Waals surface area contributed by atoms with Crippen molar-refractivity contribution >= 4 is 66.1 Å². The van der Waals surface area contributed by atoms with E-state index >= 15 is 0 Å². The summed E-state index contributed by atoms with van der Waals surface area (Å²) in [6.07, 6.45) is 8.67. The van der Waals surface area contributed by atoms with Crippen LogP contribution in [0.25, 0.3) is 49.2 Å². The Morgan fingerprint density at radius 2 is 1.23 bits per heavy atom. The summed E-state index contributed by atoms with van der Waals surface area (Å²) in [5, 5.41) is 7.66. The molecule has 0 spiro atoms. The molecule has 324 valence electrons.